The summed E-state index contributed by atoms with van der Waals surface area (Å²) >= 11 is 0. The molecule has 0 saturated carbocycles. The van der Waals surface area contributed by atoms with Crippen LogP contribution in [0.4, 0.5) is 0 Å². The van der Waals surface area contributed by atoms with E-state index in [-0.39, 0.29) is 12.0 Å². The molecule has 3 atom stereocenters. The van der Waals surface area contributed by atoms with Gasteiger partial charge in [0.2, 0.25) is 5.91 Å². The van der Waals surface area contributed by atoms with E-state index in [4.69, 9.17) is 10.6 Å². The molecule has 0 spiro atoms. The van der Waals surface area contributed by atoms with E-state index in [9.17, 15) is 4.79 Å². The van der Waals surface area contributed by atoms with E-state index in [2.05, 4.69) is 31.2 Å². The number of hydrogen-bond donors (Lipinski definition) is 2. The minimum Gasteiger partial charge on any atom is -0.377 e. The zero-order valence-electron chi connectivity index (χ0n) is 10.4. The van der Waals surface area contributed by atoms with Gasteiger partial charge < -0.3 is 4.74 Å². The molecule has 1 aliphatic rings. The minimum atomic E-state index is -0.101. The van der Waals surface area contributed by atoms with Gasteiger partial charge in [-0.2, -0.15) is 0 Å². The third-order valence-electron chi connectivity index (χ3n) is 3.50. The summed E-state index contributed by atoms with van der Waals surface area (Å²) in [5.41, 5.74) is 2.16. The lowest BCUT2D eigenvalue weighted by Crippen LogP contribution is -2.43. The number of nitrogens with one attached hydrogen (secondary N) is 1. The second-order valence-corrected chi connectivity index (χ2v) is 4.55. The SMILES string of the molecule is CC1OCCC1N(C)C(C)CCC(=O)NN. The molecule has 0 aromatic rings. The van der Waals surface area contributed by atoms with E-state index in [0.29, 0.717) is 18.5 Å². The highest BCUT2D eigenvalue weighted by Crippen LogP contribution is 2.21. The third kappa shape index (κ3) is 3.43. The predicted octanol–water partition coefficient (Wildman–Crippen LogP) is 0.254. The summed E-state index contributed by atoms with van der Waals surface area (Å²) in [7, 11) is 2.10. The Kier molecular flexibility index (Phi) is 5.18. The molecule has 3 unspecified atom stereocenters. The maximum Gasteiger partial charge on any atom is 0.233 e. The monoisotopic (exact) mass is 229 g/mol. The molecule has 0 aromatic carbocycles. The van der Waals surface area contributed by atoms with Crippen molar-refractivity contribution in [2.75, 3.05) is 13.7 Å². The van der Waals surface area contributed by atoms with Crippen molar-refractivity contribution in [3.05, 3.63) is 0 Å². The Hall–Kier alpha value is -0.650. The molecule has 1 amide bonds. The van der Waals surface area contributed by atoms with Crippen LogP contribution in [0.5, 0.6) is 0 Å². The number of rotatable bonds is 5. The van der Waals surface area contributed by atoms with Gasteiger partial charge >= 0.3 is 0 Å². The smallest absolute Gasteiger partial charge is 0.233 e. The van der Waals surface area contributed by atoms with E-state index in [1.54, 1.807) is 0 Å². The molecule has 5 heteroatoms. The number of carbonyl (C=O) groups is 1. The fourth-order valence-electron chi connectivity index (χ4n) is 2.20. The summed E-state index contributed by atoms with van der Waals surface area (Å²) in [6.07, 6.45) is 2.66. The molecule has 1 fully saturated rings. The molecule has 1 saturated heterocycles. The van der Waals surface area contributed by atoms with Crippen molar-refractivity contribution in [1.29, 1.82) is 0 Å². The maximum absolute atomic E-state index is 11.0. The van der Waals surface area contributed by atoms with Gasteiger partial charge in [-0.15, -0.1) is 0 Å². The highest BCUT2D eigenvalue weighted by atomic mass is 16.5. The van der Waals surface area contributed by atoms with Crippen molar-refractivity contribution >= 4 is 5.91 Å². The van der Waals surface area contributed by atoms with E-state index in [1.807, 2.05) is 0 Å². The standard InChI is InChI=1S/C11H23N3O2/c1-8(4-5-11(15)13-12)14(3)10-6-7-16-9(10)2/h8-10H,4-7,12H2,1-3H3,(H,13,15). The van der Waals surface area contributed by atoms with Crippen LogP contribution in [-0.2, 0) is 9.53 Å². The highest BCUT2D eigenvalue weighted by molar-refractivity contribution is 5.75. The molecule has 0 aromatic heterocycles. The average molecular weight is 229 g/mol. The van der Waals surface area contributed by atoms with Crippen LogP contribution in [0.1, 0.15) is 33.1 Å². The van der Waals surface area contributed by atoms with Crippen LogP contribution in [0.2, 0.25) is 0 Å². The van der Waals surface area contributed by atoms with Gasteiger partial charge in [-0.05, 0) is 33.7 Å². The van der Waals surface area contributed by atoms with Crippen LogP contribution < -0.4 is 11.3 Å². The van der Waals surface area contributed by atoms with Crippen LogP contribution in [-0.4, -0.2) is 42.6 Å². The van der Waals surface area contributed by atoms with E-state index >= 15 is 0 Å². The van der Waals surface area contributed by atoms with Gasteiger partial charge in [0, 0.05) is 25.1 Å². The molecule has 0 bridgehead atoms. The summed E-state index contributed by atoms with van der Waals surface area (Å²) < 4.78 is 5.54. The van der Waals surface area contributed by atoms with Crippen molar-refractivity contribution < 1.29 is 9.53 Å². The molecule has 1 heterocycles. The van der Waals surface area contributed by atoms with Gasteiger partial charge in [-0.3, -0.25) is 15.1 Å². The normalized spacial score (nSPS) is 27.1. The fraction of sp³-hybridized carbons (Fsp3) is 0.909. The molecule has 3 N–H and O–H groups in total. The third-order valence-corrected chi connectivity index (χ3v) is 3.50. The van der Waals surface area contributed by atoms with Crippen molar-refractivity contribution in [3.8, 4) is 0 Å². The quantitative estimate of drug-likeness (QED) is 0.403. The Morgan fingerprint density at radius 2 is 2.38 bits per heavy atom. The van der Waals surface area contributed by atoms with Crippen LogP contribution in [0.3, 0.4) is 0 Å². The minimum absolute atomic E-state index is 0.101. The largest absolute Gasteiger partial charge is 0.377 e. The predicted molar refractivity (Wildman–Crippen MR) is 62.6 cm³/mol. The summed E-state index contributed by atoms with van der Waals surface area (Å²) in [5.74, 6) is 4.94. The number of amides is 1. The van der Waals surface area contributed by atoms with Gasteiger partial charge in [-0.1, -0.05) is 0 Å². The molecule has 5 nitrogen and oxygen atoms in total. The van der Waals surface area contributed by atoms with Crippen molar-refractivity contribution in [2.45, 2.75) is 51.3 Å². The Bertz CT molecular complexity index is 235. The molecule has 16 heavy (non-hydrogen) atoms. The Labute approximate surface area is 97.3 Å². The van der Waals surface area contributed by atoms with Crippen LogP contribution >= 0.6 is 0 Å². The van der Waals surface area contributed by atoms with E-state index in [1.165, 1.54) is 0 Å². The van der Waals surface area contributed by atoms with Crippen molar-refractivity contribution in [2.24, 2.45) is 5.84 Å². The number of carbonyl (C=O) groups excluding carboxylic acids is 1. The van der Waals surface area contributed by atoms with Crippen LogP contribution in [0.25, 0.3) is 0 Å². The summed E-state index contributed by atoms with van der Waals surface area (Å²) in [6, 6.07) is 0.836. The maximum atomic E-state index is 11.0. The second-order valence-electron chi connectivity index (χ2n) is 4.55. The first-order valence-corrected chi connectivity index (χ1v) is 5.89. The van der Waals surface area contributed by atoms with Gasteiger partial charge in [0.15, 0.2) is 0 Å². The lowest BCUT2D eigenvalue weighted by Gasteiger charge is -2.32. The second kappa shape index (κ2) is 6.18. The Morgan fingerprint density at radius 1 is 1.69 bits per heavy atom. The number of nitrogens with two attached hydrogens (primary N) is 1. The van der Waals surface area contributed by atoms with Gasteiger partial charge in [0.05, 0.1) is 6.10 Å². The fourth-order valence-corrected chi connectivity index (χ4v) is 2.20. The topological polar surface area (TPSA) is 67.6 Å². The lowest BCUT2D eigenvalue weighted by molar-refractivity contribution is -0.121. The molecule has 94 valence electrons. The molecular formula is C11H23N3O2. The first kappa shape index (κ1) is 13.4. The molecule has 0 radical (unpaired) electrons. The van der Waals surface area contributed by atoms with Crippen molar-refractivity contribution in [1.82, 2.24) is 10.3 Å². The molecule has 0 aliphatic carbocycles. The lowest BCUT2D eigenvalue weighted by atomic mass is 10.1. The van der Waals surface area contributed by atoms with Crippen LogP contribution in [0.15, 0.2) is 0 Å². The summed E-state index contributed by atoms with van der Waals surface area (Å²) in [6.45, 7) is 5.08. The van der Waals surface area contributed by atoms with Crippen LogP contribution in [0, 0.1) is 0 Å². The highest BCUT2D eigenvalue weighted by Gasteiger charge is 2.30. The molecular weight excluding hydrogens is 206 g/mol. The number of likely N-dealkylation sites (N-methyl/N-ethyl adjacent to an activating group) is 1. The summed E-state index contributed by atoms with van der Waals surface area (Å²) in [5, 5.41) is 0. The van der Waals surface area contributed by atoms with Gasteiger partial charge in [0.25, 0.3) is 0 Å². The van der Waals surface area contributed by atoms with Gasteiger partial charge in [-0.25, -0.2) is 5.84 Å². The number of hydrazine groups is 1. The first-order valence-electron chi connectivity index (χ1n) is 5.89. The van der Waals surface area contributed by atoms with E-state index in [0.717, 1.165) is 19.4 Å². The number of hydrogen-bond acceptors (Lipinski definition) is 4. The zero-order valence-corrected chi connectivity index (χ0v) is 10.4. The van der Waals surface area contributed by atoms with E-state index < -0.39 is 0 Å². The molecule has 1 aliphatic heterocycles. The summed E-state index contributed by atoms with van der Waals surface area (Å²) in [4.78, 5) is 13.4. The Morgan fingerprint density at radius 3 is 2.88 bits per heavy atom. The van der Waals surface area contributed by atoms with Crippen molar-refractivity contribution in [3.63, 3.8) is 0 Å². The number of ether oxygens (including phenoxy) is 1. The van der Waals surface area contributed by atoms with Gasteiger partial charge in [0.1, 0.15) is 0 Å². The molecule has 1 rings (SSSR count). The zero-order chi connectivity index (χ0) is 12.1. The Balaban J connectivity index is 2.35. The first-order chi connectivity index (χ1) is 7.56. The average Bonchev–Trinajstić information content (AvgIpc) is 2.70. The number of nitrogens with zero attached hydrogens (tertiary/aromatic N) is 1.